The highest BCUT2D eigenvalue weighted by molar-refractivity contribution is 5.93. The summed E-state index contributed by atoms with van der Waals surface area (Å²) >= 11 is 0. The van der Waals surface area contributed by atoms with Gasteiger partial charge in [-0.3, -0.25) is 4.79 Å². The fraction of sp³-hybridized carbons (Fsp3) is 0.211. The third kappa shape index (κ3) is 2.78. The molecule has 1 aliphatic heterocycles. The molecule has 2 aromatic rings. The van der Waals surface area contributed by atoms with Crippen LogP contribution in [0.5, 0.6) is 5.75 Å². The summed E-state index contributed by atoms with van der Waals surface area (Å²) in [5.41, 5.74) is 2.94. The van der Waals surface area contributed by atoms with Gasteiger partial charge in [-0.05, 0) is 53.3 Å². The van der Waals surface area contributed by atoms with Gasteiger partial charge in [0.25, 0.3) is 5.91 Å². The summed E-state index contributed by atoms with van der Waals surface area (Å²) < 4.78 is 18.5. The molecule has 0 aliphatic carbocycles. The van der Waals surface area contributed by atoms with Gasteiger partial charge in [0.05, 0.1) is 13.2 Å². The maximum absolute atomic E-state index is 13.2. The maximum atomic E-state index is 13.2. The van der Waals surface area contributed by atoms with E-state index in [9.17, 15) is 9.18 Å². The van der Waals surface area contributed by atoms with Crippen molar-refractivity contribution < 1.29 is 13.9 Å². The third-order valence-electron chi connectivity index (χ3n) is 4.15. The average molecular weight is 309 g/mol. The quantitative estimate of drug-likeness (QED) is 0.798. The highest BCUT2D eigenvalue weighted by atomic mass is 19.1. The fourth-order valence-corrected chi connectivity index (χ4v) is 3.04. The Labute approximate surface area is 134 Å². The number of carbonyl (C=O) groups excluding carboxylic acids is 1. The number of fused-ring (bicyclic) bond motifs is 1. The van der Waals surface area contributed by atoms with E-state index in [4.69, 9.17) is 11.2 Å². The number of amides is 1. The molecule has 4 heteroatoms. The van der Waals surface area contributed by atoms with Crippen LogP contribution in [0, 0.1) is 18.2 Å². The molecule has 0 saturated heterocycles. The SMILES string of the molecule is C#CC(=O)N1CCc2cc(OC)ccc2C1c1ccc(F)cc1. The van der Waals surface area contributed by atoms with Crippen molar-refractivity contribution >= 4 is 5.91 Å². The van der Waals surface area contributed by atoms with Crippen molar-refractivity contribution in [3.05, 3.63) is 65.0 Å². The molecule has 0 saturated carbocycles. The van der Waals surface area contributed by atoms with Gasteiger partial charge in [-0.15, -0.1) is 6.42 Å². The van der Waals surface area contributed by atoms with Crippen molar-refractivity contribution in [3.63, 3.8) is 0 Å². The molecule has 0 bridgehead atoms. The van der Waals surface area contributed by atoms with E-state index in [1.54, 1.807) is 24.1 Å². The van der Waals surface area contributed by atoms with Crippen LogP contribution in [-0.4, -0.2) is 24.5 Å². The van der Waals surface area contributed by atoms with E-state index >= 15 is 0 Å². The van der Waals surface area contributed by atoms with Crippen molar-refractivity contribution in [1.82, 2.24) is 4.90 Å². The molecule has 2 aromatic carbocycles. The van der Waals surface area contributed by atoms with E-state index in [1.165, 1.54) is 12.1 Å². The molecule has 0 radical (unpaired) electrons. The maximum Gasteiger partial charge on any atom is 0.298 e. The Hall–Kier alpha value is -2.80. The Morgan fingerprint density at radius 2 is 2.04 bits per heavy atom. The van der Waals surface area contributed by atoms with Gasteiger partial charge >= 0.3 is 0 Å². The Balaban J connectivity index is 2.11. The zero-order valence-corrected chi connectivity index (χ0v) is 12.8. The van der Waals surface area contributed by atoms with Crippen LogP contribution in [0.3, 0.4) is 0 Å². The van der Waals surface area contributed by atoms with Crippen LogP contribution in [0.4, 0.5) is 4.39 Å². The molecule has 23 heavy (non-hydrogen) atoms. The molecule has 116 valence electrons. The van der Waals surface area contributed by atoms with E-state index in [0.29, 0.717) is 13.0 Å². The molecular weight excluding hydrogens is 293 g/mol. The Kier molecular flexibility index (Phi) is 4.03. The van der Waals surface area contributed by atoms with Gasteiger partial charge in [0.15, 0.2) is 0 Å². The van der Waals surface area contributed by atoms with Crippen LogP contribution in [-0.2, 0) is 11.2 Å². The van der Waals surface area contributed by atoms with E-state index < -0.39 is 0 Å². The lowest BCUT2D eigenvalue weighted by Crippen LogP contribution is -2.39. The van der Waals surface area contributed by atoms with Crippen LogP contribution in [0.1, 0.15) is 22.7 Å². The first-order valence-corrected chi connectivity index (χ1v) is 7.33. The molecule has 1 unspecified atom stereocenters. The van der Waals surface area contributed by atoms with Crippen molar-refractivity contribution in [1.29, 1.82) is 0 Å². The van der Waals surface area contributed by atoms with Crippen molar-refractivity contribution in [2.45, 2.75) is 12.5 Å². The number of methoxy groups -OCH3 is 1. The molecule has 1 aliphatic rings. The zero-order valence-electron chi connectivity index (χ0n) is 12.8. The van der Waals surface area contributed by atoms with Crippen LogP contribution in [0.2, 0.25) is 0 Å². The Morgan fingerprint density at radius 3 is 2.70 bits per heavy atom. The first-order chi connectivity index (χ1) is 11.1. The molecule has 1 amide bonds. The van der Waals surface area contributed by atoms with Crippen molar-refractivity contribution in [2.24, 2.45) is 0 Å². The minimum Gasteiger partial charge on any atom is -0.497 e. The van der Waals surface area contributed by atoms with Crippen LogP contribution in [0.25, 0.3) is 0 Å². The summed E-state index contributed by atoms with van der Waals surface area (Å²) in [6.45, 7) is 0.519. The van der Waals surface area contributed by atoms with Crippen LogP contribution >= 0.6 is 0 Å². The summed E-state index contributed by atoms with van der Waals surface area (Å²) in [5.74, 6) is 2.29. The van der Waals surface area contributed by atoms with E-state index in [-0.39, 0.29) is 17.8 Å². The van der Waals surface area contributed by atoms with Crippen molar-refractivity contribution in [3.8, 4) is 18.1 Å². The minimum absolute atomic E-state index is 0.311. The lowest BCUT2D eigenvalue weighted by Gasteiger charge is -2.36. The lowest BCUT2D eigenvalue weighted by molar-refractivity contribution is -0.127. The van der Waals surface area contributed by atoms with E-state index in [2.05, 4.69) is 5.92 Å². The standard InChI is InChI=1S/C19H16FNO2/c1-3-18(22)21-11-10-14-12-16(23-2)8-9-17(14)19(21)13-4-6-15(20)7-5-13/h1,4-9,12,19H,10-11H2,2H3. The zero-order chi connectivity index (χ0) is 16.4. The lowest BCUT2D eigenvalue weighted by atomic mass is 9.88. The van der Waals surface area contributed by atoms with E-state index in [1.807, 2.05) is 18.2 Å². The van der Waals surface area contributed by atoms with Crippen LogP contribution in [0.15, 0.2) is 42.5 Å². The molecule has 1 atom stereocenters. The topological polar surface area (TPSA) is 29.5 Å². The molecule has 0 spiro atoms. The fourth-order valence-electron chi connectivity index (χ4n) is 3.04. The second-order valence-electron chi connectivity index (χ2n) is 5.41. The normalized spacial score (nSPS) is 16.4. The third-order valence-corrected chi connectivity index (χ3v) is 4.15. The predicted octanol–water partition coefficient (Wildman–Crippen LogP) is 2.94. The Bertz CT molecular complexity index is 777. The van der Waals surface area contributed by atoms with Crippen molar-refractivity contribution in [2.75, 3.05) is 13.7 Å². The largest absolute Gasteiger partial charge is 0.497 e. The van der Waals surface area contributed by atoms with E-state index in [0.717, 1.165) is 22.4 Å². The average Bonchev–Trinajstić information content (AvgIpc) is 2.60. The monoisotopic (exact) mass is 309 g/mol. The second-order valence-corrected chi connectivity index (χ2v) is 5.41. The number of benzene rings is 2. The summed E-state index contributed by atoms with van der Waals surface area (Å²) in [5, 5.41) is 0. The van der Waals surface area contributed by atoms with Gasteiger partial charge in [0, 0.05) is 6.54 Å². The number of ether oxygens (including phenoxy) is 1. The number of rotatable bonds is 2. The molecule has 0 N–H and O–H groups in total. The number of hydrogen-bond donors (Lipinski definition) is 0. The number of nitrogens with zero attached hydrogens (tertiary/aromatic N) is 1. The highest BCUT2D eigenvalue weighted by Crippen LogP contribution is 2.36. The summed E-state index contributed by atoms with van der Waals surface area (Å²) in [6.07, 6.45) is 6.02. The number of carbonyl (C=O) groups is 1. The molecule has 0 fully saturated rings. The van der Waals surface area contributed by atoms with Gasteiger partial charge in [0.2, 0.25) is 0 Å². The molecule has 0 aromatic heterocycles. The summed E-state index contributed by atoms with van der Waals surface area (Å²) in [7, 11) is 1.62. The van der Waals surface area contributed by atoms with Gasteiger partial charge < -0.3 is 9.64 Å². The van der Waals surface area contributed by atoms with Gasteiger partial charge in [-0.2, -0.15) is 0 Å². The molecular formula is C19H16FNO2. The van der Waals surface area contributed by atoms with Crippen LogP contribution < -0.4 is 4.74 Å². The van der Waals surface area contributed by atoms with Gasteiger partial charge in [-0.25, -0.2) is 4.39 Å². The molecule has 3 rings (SSSR count). The molecule has 3 nitrogen and oxygen atoms in total. The summed E-state index contributed by atoms with van der Waals surface area (Å²) in [6, 6.07) is 11.6. The predicted molar refractivity (Wildman–Crippen MR) is 85.5 cm³/mol. The first kappa shape index (κ1) is 15.1. The first-order valence-electron chi connectivity index (χ1n) is 7.33. The number of hydrogen-bond acceptors (Lipinski definition) is 2. The Morgan fingerprint density at radius 1 is 1.30 bits per heavy atom. The number of terminal acetylenes is 1. The smallest absolute Gasteiger partial charge is 0.298 e. The minimum atomic E-state index is -0.360. The van der Waals surface area contributed by atoms with Gasteiger partial charge in [-0.1, -0.05) is 18.2 Å². The highest BCUT2D eigenvalue weighted by Gasteiger charge is 2.31. The summed E-state index contributed by atoms with van der Waals surface area (Å²) in [4.78, 5) is 13.8. The van der Waals surface area contributed by atoms with Gasteiger partial charge in [0.1, 0.15) is 11.6 Å². The second kappa shape index (κ2) is 6.13. The number of halogens is 1. The molecule has 1 heterocycles.